The molecule has 1 fully saturated rings. The lowest BCUT2D eigenvalue weighted by Crippen LogP contribution is -2.13. The molecule has 2 rings (SSSR count). The maximum absolute atomic E-state index is 5.13. The molecule has 0 radical (unpaired) electrons. The zero-order valence-electron chi connectivity index (χ0n) is 8.79. The van der Waals surface area contributed by atoms with Crippen molar-refractivity contribution in [2.24, 2.45) is 5.92 Å². The van der Waals surface area contributed by atoms with Crippen molar-refractivity contribution in [2.75, 3.05) is 13.7 Å². The highest BCUT2D eigenvalue weighted by Crippen LogP contribution is 2.27. The van der Waals surface area contributed by atoms with Gasteiger partial charge in [0.2, 0.25) is 0 Å². The number of ether oxygens (including phenoxy) is 1. The summed E-state index contributed by atoms with van der Waals surface area (Å²) < 4.78 is 5.13. The second-order valence-electron chi connectivity index (χ2n) is 4.07. The van der Waals surface area contributed by atoms with Gasteiger partial charge in [0, 0.05) is 6.04 Å². The van der Waals surface area contributed by atoms with Crippen molar-refractivity contribution in [3.8, 4) is 5.75 Å². The number of benzene rings is 1. The van der Waals surface area contributed by atoms with E-state index in [1.165, 1.54) is 12.0 Å². The summed E-state index contributed by atoms with van der Waals surface area (Å²) in [5, 5.41) is 3.52. The first kappa shape index (κ1) is 9.53. The van der Waals surface area contributed by atoms with E-state index in [4.69, 9.17) is 4.74 Å². The molecule has 1 heterocycles. The highest BCUT2D eigenvalue weighted by Gasteiger charge is 2.21. The fraction of sp³-hybridized carbons (Fsp3) is 0.500. The number of hydrogen-bond donors (Lipinski definition) is 1. The molecule has 2 atom stereocenters. The summed E-state index contributed by atoms with van der Waals surface area (Å²) in [4.78, 5) is 0. The van der Waals surface area contributed by atoms with Crippen LogP contribution in [0.1, 0.15) is 24.9 Å². The molecule has 14 heavy (non-hydrogen) atoms. The zero-order valence-corrected chi connectivity index (χ0v) is 8.79. The van der Waals surface area contributed by atoms with Gasteiger partial charge in [0.25, 0.3) is 0 Å². The second-order valence-corrected chi connectivity index (χ2v) is 4.07. The molecule has 0 amide bonds. The Bertz CT molecular complexity index is 294. The number of nitrogens with one attached hydrogen (secondary N) is 1. The topological polar surface area (TPSA) is 21.3 Å². The molecule has 0 aromatic heterocycles. The van der Waals surface area contributed by atoms with Crippen LogP contribution in [0, 0.1) is 5.92 Å². The molecule has 1 saturated heterocycles. The fourth-order valence-electron chi connectivity index (χ4n) is 2.00. The van der Waals surface area contributed by atoms with Crippen LogP contribution in [0.5, 0.6) is 5.75 Å². The summed E-state index contributed by atoms with van der Waals surface area (Å²) in [6.45, 7) is 3.42. The minimum atomic E-state index is 0.538. The Labute approximate surface area is 85.3 Å². The van der Waals surface area contributed by atoms with Crippen molar-refractivity contribution in [1.29, 1.82) is 0 Å². The Morgan fingerprint density at radius 2 is 2.00 bits per heavy atom. The van der Waals surface area contributed by atoms with E-state index in [2.05, 4.69) is 24.4 Å². The van der Waals surface area contributed by atoms with E-state index in [-0.39, 0.29) is 0 Å². The average Bonchev–Trinajstić information content (AvgIpc) is 2.65. The number of hydrogen-bond acceptors (Lipinski definition) is 2. The third kappa shape index (κ3) is 1.90. The lowest BCUT2D eigenvalue weighted by molar-refractivity contribution is 0.414. The first-order chi connectivity index (χ1) is 6.79. The van der Waals surface area contributed by atoms with Crippen LogP contribution in [0.15, 0.2) is 24.3 Å². The maximum Gasteiger partial charge on any atom is 0.118 e. The summed E-state index contributed by atoms with van der Waals surface area (Å²) >= 11 is 0. The summed E-state index contributed by atoms with van der Waals surface area (Å²) in [6.07, 6.45) is 1.24. The van der Waals surface area contributed by atoms with E-state index in [1.54, 1.807) is 7.11 Å². The highest BCUT2D eigenvalue weighted by atomic mass is 16.5. The summed E-state index contributed by atoms with van der Waals surface area (Å²) in [5.41, 5.74) is 1.37. The fourth-order valence-corrected chi connectivity index (χ4v) is 2.00. The van der Waals surface area contributed by atoms with Crippen LogP contribution < -0.4 is 10.1 Å². The molecule has 1 aliphatic rings. The quantitative estimate of drug-likeness (QED) is 0.775. The Morgan fingerprint density at radius 1 is 1.29 bits per heavy atom. The molecular formula is C12H17NO. The Kier molecular flexibility index (Phi) is 2.73. The molecule has 0 unspecified atom stereocenters. The summed E-state index contributed by atoms with van der Waals surface area (Å²) in [7, 11) is 1.70. The SMILES string of the molecule is COc1ccc([C@@H]2C[C@@H](C)CN2)cc1. The average molecular weight is 191 g/mol. The molecule has 1 aromatic carbocycles. The van der Waals surface area contributed by atoms with Crippen LogP contribution in [0.25, 0.3) is 0 Å². The standard InChI is InChI=1S/C12H17NO/c1-9-7-12(13-8-9)10-3-5-11(14-2)6-4-10/h3-6,9,12-13H,7-8H2,1-2H3/t9-,12+/m1/s1. The number of methoxy groups -OCH3 is 1. The minimum absolute atomic E-state index is 0.538. The largest absolute Gasteiger partial charge is 0.497 e. The Morgan fingerprint density at radius 3 is 2.50 bits per heavy atom. The van der Waals surface area contributed by atoms with Gasteiger partial charge in [-0.3, -0.25) is 0 Å². The van der Waals surface area contributed by atoms with Gasteiger partial charge in [-0.1, -0.05) is 19.1 Å². The smallest absolute Gasteiger partial charge is 0.118 e. The summed E-state index contributed by atoms with van der Waals surface area (Å²) in [5.74, 6) is 1.72. The molecule has 1 N–H and O–H groups in total. The van der Waals surface area contributed by atoms with Crippen molar-refractivity contribution in [1.82, 2.24) is 5.32 Å². The van der Waals surface area contributed by atoms with E-state index in [1.807, 2.05) is 12.1 Å². The van der Waals surface area contributed by atoms with Crippen LogP contribution in [-0.2, 0) is 0 Å². The third-order valence-electron chi connectivity index (χ3n) is 2.87. The zero-order chi connectivity index (χ0) is 9.97. The second kappa shape index (κ2) is 4.01. The normalized spacial score (nSPS) is 26.4. The minimum Gasteiger partial charge on any atom is -0.497 e. The van der Waals surface area contributed by atoms with Crippen molar-refractivity contribution < 1.29 is 4.74 Å². The van der Waals surface area contributed by atoms with Gasteiger partial charge in [0.1, 0.15) is 5.75 Å². The number of rotatable bonds is 2. The monoisotopic (exact) mass is 191 g/mol. The van der Waals surface area contributed by atoms with Gasteiger partial charge in [-0.2, -0.15) is 0 Å². The van der Waals surface area contributed by atoms with E-state index in [0.29, 0.717) is 6.04 Å². The molecular weight excluding hydrogens is 174 g/mol. The lowest BCUT2D eigenvalue weighted by Gasteiger charge is -2.10. The molecule has 0 bridgehead atoms. The van der Waals surface area contributed by atoms with E-state index >= 15 is 0 Å². The Hall–Kier alpha value is -1.02. The third-order valence-corrected chi connectivity index (χ3v) is 2.87. The van der Waals surface area contributed by atoms with Crippen molar-refractivity contribution in [3.05, 3.63) is 29.8 Å². The molecule has 1 aromatic rings. The molecule has 0 spiro atoms. The molecule has 2 nitrogen and oxygen atoms in total. The Balaban J connectivity index is 2.09. The van der Waals surface area contributed by atoms with Crippen molar-refractivity contribution in [2.45, 2.75) is 19.4 Å². The van der Waals surface area contributed by atoms with Crippen LogP contribution in [-0.4, -0.2) is 13.7 Å². The predicted molar refractivity (Wildman–Crippen MR) is 57.5 cm³/mol. The van der Waals surface area contributed by atoms with Gasteiger partial charge < -0.3 is 10.1 Å². The summed E-state index contributed by atoms with van der Waals surface area (Å²) in [6, 6.07) is 8.89. The molecule has 0 saturated carbocycles. The van der Waals surface area contributed by atoms with Crippen molar-refractivity contribution >= 4 is 0 Å². The molecule has 1 aliphatic heterocycles. The van der Waals surface area contributed by atoms with Gasteiger partial charge in [-0.05, 0) is 36.6 Å². The van der Waals surface area contributed by atoms with E-state index in [9.17, 15) is 0 Å². The first-order valence-corrected chi connectivity index (χ1v) is 5.17. The van der Waals surface area contributed by atoms with Crippen molar-refractivity contribution in [3.63, 3.8) is 0 Å². The van der Waals surface area contributed by atoms with Gasteiger partial charge in [-0.25, -0.2) is 0 Å². The maximum atomic E-state index is 5.13. The first-order valence-electron chi connectivity index (χ1n) is 5.17. The van der Waals surface area contributed by atoms with E-state index < -0.39 is 0 Å². The molecule has 2 heteroatoms. The predicted octanol–water partition coefficient (Wildman–Crippen LogP) is 2.37. The van der Waals surface area contributed by atoms with Gasteiger partial charge in [0.15, 0.2) is 0 Å². The van der Waals surface area contributed by atoms with Crippen LogP contribution in [0.4, 0.5) is 0 Å². The van der Waals surface area contributed by atoms with Crippen LogP contribution >= 0.6 is 0 Å². The lowest BCUT2D eigenvalue weighted by atomic mass is 10.0. The van der Waals surface area contributed by atoms with Crippen LogP contribution in [0.3, 0.4) is 0 Å². The van der Waals surface area contributed by atoms with E-state index in [0.717, 1.165) is 18.2 Å². The molecule has 76 valence electrons. The van der Waals surface area contributed by atoms with Gasteiger partial charge in [-0.15, -0.1) is 0 Å². The van der Waals surface area contributed by atoms with Gasteiger partial charge >= 0.3 is 0 Å². The highest BCUT2D eigenvalue weighted by molar-refractivity contribution is 5.29. The van der Waals surface area contributed by atoms with Gasteiger partial charge in [0.05, 0.1) is 7.11 Å². The van der Waals surface area contributed by atoms with Crippen LogP contribution in [0.2, 0.25) is 0 Å². The molecule has 0 aliphatic carbocycles.